The van der Waals surface area contributed by atoms with E-state index in [-0.39, 0.29) is 5.38 Å². The molecule has 3 atom stereocenters. The largest absolute Gasteiger partial charge is 0.493 e. The molecule has 5 heteroatoms. The zero-order valence-corrected chi connectivity index (χ0v) is 13.6. The van der Waals surface area contributed by atoms with Crippen LogP contribution in [0.2, 0.25) is 0 Å². The summed E-state index contributed by atoms with van der Waals surface area (Å²) < 4.78 is 13.1. The molecule has 1 aliphatic rings. The van der Waals surface area contributed by atoms with Gasteiger partial charge in [-0.2, -0.15) is 0 Å². The average molecular weight is 309 g/mol. The van der Waals surface area contributed by atoms with Gasteiger partial charge in [0.25, 0.3) is 0 Å². The molecule has 1 fully saturated rings. The fourth-order valence-electron chi connectivity index (χ4n) is 3.06. The van der Waals surface area contributed by atoms with Crippen LogP contribution in [0.3, 0.4) is 0 Å². The predicted octanol–water partition coefficient (Wildman–Crippen LogP) is 4.32. The van der Waals surface area contributed by atoms with Gasteiger partial charge >= 0.3 is 0 Å². The maximum atomic E-state index is 6.34. The van der Waals surface area contributed by atoms with Gasteiger partial charge in [0, 0.05) is 18.2 Å². The first-order valence-electron chi connectivity index (χ1n) is 7.38. The first kappa shape index (κ1) is 14.5. The average Bonchev–Trinajstić information content (AvgIpc) is 3.17. The van der Waals surface area contributed by atoms with Crippen LogP contribution in [0.4, 0.5) is 0 Å². The summed E-state index contributed by atoms with van der Waals surface area (Å²) in [5.41, 5.74) is 1.99. The van der Waals surface area contributed by atoms with E-state index in [1.54, 1.807) is 14.2 Å². The number of fused-ring (bicyclic) bond motifs is 1. The normalized spacial score (nSPS) is 22.3. The van der Waals surface area contributed by atoms with Crippen LogP contribution < -0.4 is 9.47 Å². The Bertz CT molecular complexity index is 666. The Morgan fingerprint density at radius 1 is 1.33 bits per heavy atom. The molecule has 0 aliphatic heterocycles. The summed E-state index contributed by atoms with van der Waals surface area (Å²) in [6.45, 7) is 4.20. The van der Waals surface area contributed by atoms with E-state index in [2.05, 4.69) is 11.5 Å². The van der Waals surface area contributed by atoms with Crippen molar-refractivity contribution in [2.45, 2.75) is 38.1 Å². The number of rotatable bonds is 5. The molecule has 1 saturated carbocycles. The van der Waals surface area contributed by atoms with Crippen LogP contribution in [0.15, 0.2) is 12.1 Å². The second-order valence-electron chi connectivity index (χ2n) is 5.62. The standard InChI is InChI=1S/C16H21ClN2O2/c1-5-10-6-12(10)19-13-8-15(21-4)14(20-3)7-11(13)18-16(19)9(2)17/h7-10,12H,5-6H2,1-4H3. The lowest BCUT2D eigenvalue weighted by Crippen LogP contribution is -2.03. The van der Waals surface area contributed by atoms with Crippen molar-refractivity contribution in [1.29, 1.82) is 0 Å². The smallest absolute Gasteiger partial charge is 0.163 e. The minimum absolute atomic E-state index is 0.118. The molecule has 2 aromatic rings. The molecule has 114 valence electrons. The highest BCUT2D eigenvalue weighted by Crippen LogP contribution is 2.49. The van der Waals surface area contributed by atoms with Gasteiger partial charge in [-0.05, 0) is 19.3 Å². The van der Waals surface area contributed by atoms with E-state index >= 15 is 0 Å². The van der Waals surface area contributed by atoms with Crippen molar-refractivity contribution in [3.05, 3.63) is 18.0 Å². The number of alkyl halides is 1. The van der Waals surface area contributed by atoms with Crippen molar-refractivity contribution in [3.8, 4) is 11.5 Å². The summed E-state index contributed by atoms with van der Waals surface area (Å²) >= 11 is 6.34. The molecule has 0 amide bonds. The van der Waals surface area contributed by atoms with Gasteiger partial charge in [-0.1, -0.05) is 13.3 Å². The molecule has 1 aromatic carbocycles. The highest BCUT2D eigenvalue weighted by Gasteiger charge is 2.40. The molecule has 0 bridgehead atoms. The second-order valence-corrected chi connectivity index (χ2v) is 6.28. The first-order valence-corrected chi connectivity index (χ1v) is 7.82. The van der Waals surface area contributed by atoms with Gasteiger partial charge in [0.2, 0.25) is 0 Å². The molecule has 1 heterocycles. The Hall–Kier alpha value is -1.42. The SMILES string of the molecule is CCC1CC1n1c(C(C)Cl)nc2cc(OC)c(OC)cc21. The van der Waals surface area contributed by atoms with Gasteiger partial charge < -0.3 is 14.0 Å². The van der Waals surface area contributed by atoms with Crippen molar-refractivity contribution in [2.24, 2.45) is 5.92 Å². The van der Waals surface area contributed by atoms with Crippen molar-refractivity contribution < 1.29 is 9.47 Å². The molecule has 1 aromatic heterocycles. The van der Waals surface area contributed by atoms with Crippen LogP contribution in [-0.2, 0) is 0 Å². The summed E-state index contributed by atoms with van der Waals surface area (Å²) in [6, 6.07) is 4.44. The third-order valence-corrected chi connectivity index (χ3v) is 4.51. The first-order chi connectivity index (χ1) is 10.1. The minimum atomic E-state index is -0.118. The Morgan fingerprint density at radius 3 is 2.52 bits per heavy atom. The lowest BCUT2D eigenvalue weighted by molar-refractivity contribution is 0.355. The molecule has 3 unspecified atom stereocenters. The second kappa shape index (κ2) is 5.41. The molecule has 0 saturated heterocycles. The van der Waals surface area contributed by atoms with Crippen molar-refractivity contribution >= 4 is 22.6 Å². The topological polar surface area (TPSA) is 36.3 Å². The molecule has 0 radical (unpaired) electrons. The summed E-state index contributed by atoms with van der Waals surface area (Å²) in [7, 11) is 3.29. The van der Waals surface area contributed by atoms with E-state index in [0.717, 1.165) is 28.5 Å². The van der Waals surface area contributed by atoms with E-state index in [4.69, 9.17) is 26.1 Å². The number of nitrogens with zero attached hydrogens (tertiary/aromatic N) is 2. The molecule has 0 spiro atoms. The number of hydrogen-bond acceptors (Lipinski definition) is 3. The third kappa shape index (κ3) is 2.35. The maximum absolute atomic E-state index is 6.34. The van der Waals surface area contributed by atoms with E-state index < -0.39 is 0 Å². The summed E-state index contributed by atoms with van der Waals surface area (Å²) in [6.07, 6.45) is 2.39. The maximum Gasteiger partial charge on any atom is 0.163 e. The van der Waals surface area contributed by atoms with Gasteiger partial charge in [-0.3, -0.25) is 0 Å². The molecule has 0 N–H and O–H groups in total. The summed E-state index contributed by atoms with van der Waals surface area (Å²) in [4.78, 5) is 4.72. The summed E-state index contributed by atoms with van der Waals surface area (Å²) in [5.74, 6) is 3.09. The van der Waals surface area contributed by atoms with Gasteiger partial charge in [-0.25, -0.2) is 4.98 Å². The molecular formula is C16H21ClN2O2. The Labute approximate surface area is 130 Å². The highest BCUT2D eigenvalue weighted by molar-refractivity contribution is 6.20. The predicted molar refractivity (Wildman–Crippen MR) is 84.5 cm³/mol. The summed E-state index contributed by atoms with van der Waals surface area (Å²) in [5, 5.41) is -0.118. The number of imidazole rings is 1. The lowest BCUT2D eigenvalue weighted by atomic mass is 10.2. The van der Waals surface area contributed by atoms with E-state index in [1.807, 2.05) is 19.1 Å². The molecule has 3 rings (SSSR count). The van der Waals surface area contributed by atoms with Crippen LogP contribution in [0.1, 0.15) is 43.9 Å². The number of methoxy groups -OCH3 is 2. The van der Waals surface area contributed by atoms with Gasteiger partial charge in [-0.15, -0.1) is 11.6 Å². The van der Waals surface area contributed by atoms with Crippen LogP contribution in [-0.4, -0.2) is 23.8 Å². The van der Waals surface area contributed by atoms with Gasteiger partial charge in [0.1, 0.15) is 5.82 Å². The molecular weight excluding hydrogens is 288 g/mol. The minimum Gasteiger partial charge on any atom is -0.493 e. The lowest BCUT2D eigenvalue weighted by Gasteiger charge is -2.11. The van der Waals surface area contributed by atoms with Crippen LogP contribution in [0.5, 0.6) is 11.5 Å². The van der Waals surface area contributed by atoms with Crippen molar-refractivity contribution in [3.63, 3.8) is 0 Å². The Balaban J connectivity index is 2.20. The monoisotopic (exact) mass is 308 g/mol. The zero-order valence-electron chi connectivity index (χ0n) is 12.9. The number of halogens is 1. The zero-order chi connectivity index (χ0) is 15.1. The highest BCUT2D eigenvalue weighted by atomic mass is 35.5. The van der Waals surface area contributed by atoms with E-state index in [0.29, 0.717) is 11.8 Å². The van der Waals surface area contributed by atoms with E-state index in [9.17, 15) is 0 Å². The van der Waals surface area contributed by atoms with Gasteiger partial charge in [0.15, 0.2) is 11.5 Å². The molecule has 1 aliphatic carbocycles. The van der Waals surface area contributed by atoms with E-state index in [1.165, 1.54) is 12.8 Å². The fourth-order valence-corrected chi connectivity index (χ4v) is 3.21. The van der Waals surface area contributed by atoms with Crippen LogP contribution in [0.25, 0.3) is 11.0 Å². The fraction of sp³-hybridized carbons (Fsp3) is 0.562. The number of aromatic nitrogens is 2. The van der Waals surface area contributed by atoms with Crippen molar-refractivity contribution in [2.75, 3.05) is 14.2 Å². The van der Waals surface area contributed by atoms with Crippen LogP contribution >= 0.6 is 11.6 Å². The Morgan fingerprint density at radius 2 is 2.00 bits per heavy atom. The quantitative estimate of drug-likeness (QED) is 0.772. The number of ether oxygens (including phenoxy) is 2. The number of benzene rings is 1. The Kier molecular flexibility index (Phi) is 3.74. The van der Waals surface area contributed by atoms with Crippen molar-refractivity contribution in [1.82, 2.24) is 9.55 Å². The number of hydrogen-bond donors (Lipinski definition) is 0. The van der Waals surface area contributed by atoms with Crippen LogP contribution in [0, 0.1) is 5.92 Å². The molecule has 4 nitrogen and oxygen atoms in total. The molecule has 21 heavy (non-hydrogen) atoms. The third-order valence-electron chi connectivity index (χ3n) is 4.32. The van der Waals surface area contributed by atoms with Gasteiger partial charge in [0.05, 0.1) is 30.6 Å².